The van der Waals surface area contributed by atoms with E-state index in [9.17, 15) is 19.6 Å². The molecule has 5 rings (SSSR count). The summed E-state index contributed by atoms with van der Waals surface area (Å²) in [7, 11) is 0. The number of aromatic carboxylic acids is 1. The van der Waals surface area contributed by atoms with Crippen molar-refractivity contribution in [1.29, 1.82) is 5.26 Å². The third-order valence-corrected chi connectivity index (χ3v) is 8.70. The van der Waals surface area contributed by atoms with Crippen LogP contribution in [0.25, 0.3) is 0 Å². The van der Waals surface area contributed by atoms with Gasteiger partial charge in [-0.05, 0) is 49.6 Å². The summed E-state index contributed by atoms with van der Waals surface area (Å²) in [5, 5.41) is 30.8. The summed E-state index contributed by atoms with van der Waals surface area (Å²) in [6, 6.07) is 15.9. The molecule has 3 aromatic rings. The average Bonchev–Trinajstić information content (AvgIpc) is 3.41. The SMILES string of the molecule is Cc1ccc(C2C(C#N)=C(N)N(c3nnc(SCC(=O)Nc4ccc(C(=O)O)cc4)s3)C3=C2C(=O)CCC3)cc1. The highest BCUT2D eigenvalue weighted by Gasteiger charge is 2.41. The zero-order valence-electron chi connectivity index (χ0n) is 21.4. The first kappa shape index (κ1) is 27.1. The van der Waals surface area contributed by atoms with E-state index in [1.165, 1.54) is 47.4 Å². The number of aryl methyl sites for hydroxylation is 1. The molecule has 1 atom stereocenters. The molecule has 0 spiro atoms. The number of carbonyl (C=O) groups excluding carboxylic acids is 2. The van der Waals surface area contributed by atoms with Crippen LogP contribution < -0.4 is 16.0 Å². The van der Waals surface area contributed by atoms with Crippen LogP contribution in [0.1, 0.15) is 46.7 Å². The second-order valence-electron chi connectivity index (χ2n) is 9.30. The molecule has 0 saturated carbocycles. The van der Waals surface area contributed by atoms with Crippen molar-refractivity contribution in [2.75, 3.05) is 16.0 Å². The van der Waals surface area contributed by atoms with E-state index in [1.54, 1.807) is 4.90 Å². The van der Waals surface area contributed by atoms with Crippen molar-refractivity contribution in [3.05, 3.63) is 87.9 Å². The number of nitrogens with two attached hydrogens (primary N) is 1. The van der Waals surface area contributed by atoms with Crippen LogP contribution in [-0.2, 0) is 9.59 Å². The van der Waals surface area contributed by atoms with Crippen molar-refractivity contribution in [1.82, 2.24) is 10.2 Å². The number of thioether (sulfide) groups is 1. The van der Waals surface area contributed by atoms with Crippen LogP contribution >= 0.6 is 23.1 Å². The molecule has 0 bridgehead atoms. The smallest absolute Gasteiger partial charge is 0.335 e. The Bertz CT molecular complexity index is 1600. The lowest BCUT2D eigenvalue weighted by atomic mass is 9.75. The van der Waals surface area contributed by atoms with Gasteiger partial charge in [0.2, 0.25) is 11.0 Å². The van der Waals surface area contributed by atoms with Gasteiger partial charge in [0.15, 0.2) is 10.1 Å². The number of amides is 1. The molecule has 0 saturated heterocycles. The maximum absolute atomic E-state index is 13.2. The fraction of sp³-hybridized carbons (Fsp3) is 0.214. The molecule has 40 heavy (non-hydrogen) atoms. The summed E-state index contributed by atoms with van der Waals surface area (Å²) in [6.07, 6.45) is 1.67. The topological polar surface area (TPSA) is 162 Å². The largest absolute Gasteiger partial charge is 0.478 e. The molecule has 1 aliphatic heterocycles. The van der Waals surface area contributed by atoms with E-state index in [0.29, 0.717) is 40.0 Å². The lowest BCUT2D eigenvalue weighted by Gasteiger charge is -2.38. The Labute approximate surface area is 238 Å². The Morgan fingerprint density at radius 1 is 1.18 bits per heavy atom. The van der Waals surface area contributed by atoms with Gasteiger partial charge in [-0.2, -0.15) is 5.26 Å². The fourth-order valence-electron chi connectivity index (χ4n) is 4.77. The number of allylic oxidation sites excluding steroid dienone is 3. The Kier molecular flexibility index (Phi) is 7.68. The zero-order valence-corrected chi connectivity index (χ0v) is 23.0. The first-order valence-electron chi connectivity index (χ1n) is 12.4. The Morgan fingerprint density at radius 3 is 2.58 bits per heavy atom. The van der Waals surface area contributed by atoms with E-state index >= 15 is 0 Å². The zero-order chi connectivity index (χ0) is 28.4. The minimum Gasteiger partial charge on any atom is -0.478 e. The Morgan fingerprint density at radius 2 is 1.90 bits per heavy atom. The summed E-state index contributed by atoms with van der Waals surface area (Å²) in [4.78, 5) is 38.4. The van der Waals surface area contributed by atoms with Crippen molar-refractivity contribution in [2.24, 2.45) is 5.73 Å². The number of hydrogen-bond acceptors (Lipinski definition) is 10. The lowest BCUT2D eigenvalue weighted by Crippen LogP contribution is -2.38. The number of nitrogens with zero attached hydrogens (tertiary/aromatic N) is 4. The molecule has 0 radical (unpaired) electrons. The molecule has 1 aromatic heterocycles. The number of Topliss-reactive ketones (excluding diaryl/α,β-unsaturated/α-hetero) is 1. The third-order valence-electron chi connectivity index (χ3n) is 6.65. The minimum atomic E-state index is -1.04. The van der Waals surface area contributed by atoms with E-state index in [1.807, 2.05) is 31.2 Å². The van der Waals surface area contributed by atoms with E-state index in [2.05, 4.69) is 21.6 Å². The van der Waals surface area contributed by atoms with Gasteiger partial charge < -0.3 is 16.2 Å². The number of carbonyl (C=O) groups is 3. The molecule has 202 valence electrons. The Hall–Kier alpha value is -4.47. The molecule has 0 fully saturated rings. The van der Waals surface area contributed by atoms with Gasteiger partial charge in [0.25, 0.3) is 0 Å². The van der Waals surface area contributed by atoms with Crippen LogP contribution in [0.3, 0.4) is 0 Å². The normalized spacial score (nSPS) is 16.9. The fourth-order valence-corrected chi connectivity index (χ4v) is 6.45. The molecule has 12 heteroatoms. The van der Waals surface area contributed by atoms with Gasteiger partial charge in [-0.1, -0.05) is 52.9 Å². The second-order valence-corrected chi connectivity index (χ2v) is 11.5. The molecule has 2 aliphatic rings. The summed E-state index contributed by atoms with van der Waals surface area (Å²) in [5.74, 6) is -1.62. The van der Waals surface area contributed by atoms with Gasteiger partial charge in [0.1, 0.15) is 5.82 Å². The molecule has 2 aromatic carbocycles. The van der Waals surface area contributed by atoms with Gasteiger partial charge >= 0.3 is 5.97 Å². The number of aromatic nitrogens is 2. The maximum atomic E-state index is 13.2. The highest BCUT2D eigenvalue weighted by molar-refractivity contribution is 8.01. The highest BCUT2D eigenvalue weighted by atomic mass is 32.2. The number of ketones is 1. The third kappa shape index (κ3) is 5.34. The van der Waals surface area contributed by atoms with Crippen LogP contribution in [0.15, 0.2) is 75.5 Å². The number of nitrogens with one attached hydrogen (secondary N) is 1. The molecular weight excluding hydrogens is 548 g/mol. The van der Waals surface area contributed by atoms with E-state index < -0.39 is 11.9 Å². The quantitative estimate of drug-likeness (QED) is 0.342. The molecule has 4 N–H and O–H groups in total. The summed E-state index contributed by atoms with van der Waals surface area (Å²) < 4.78 is 0.516. The van der Waals surface area contributed by atoms with Crippen LogP contribution in [0.4, 0.5) is 10.8 Å². The summed E-state index contributed by atoms with van der Waals surface area (Å²) >= 11 is 2.40. The first-order chi connectivity index (χ1) is 19.3. The van der Waals surface area contributed by atoms with Crippen molar-refractivity contribution >= 4 is 51.6 Å². The highest BCUT2D eigenvalue weighted by Crippen LogP contribution is 2.47. The number of hydrogen-bond donors (Lipinski definition) is 3. The summed E-state index contributed by atoms with van der Waals surface area (Å²) in [5.41, 5.74) is 10.7. The predicted molar refractivity (Wildman–Crippen MR) is 152 cm³/mol. The molecule has 1 unspecified atom stereocenters. The minimum absolute atomic E-state index is 0.00996. The second kappa shape index (κ2) is 11.3. The number of anilines is 2. The van der Waals surface area contributed by atoms with Crippen LogP contribution in [0, 0.1) is 18.3 Å². The monoisotopic (exact) mass is 572 g/mol. The van der Waals surface area contributed by atoms with Gasteiger partial charge in [-0.25, -0.2) is 4.79 Å². The van der Waals surface area contributed by atoms with Crippen LogP contribution in [0.5, 0.6) is 0 Å². The van der Waals surface area contributed by atoms with Gasteiger partial charge in [-0.15, -0.1) is 10.2 Å². The van der Waals surface area contributed by atoms with E-state index in [0.717, 1.165) is 16.8 Å². The van der Waals surface area contributed by atoms with Gasteiger partial charge in [-0.3, -0.25) is 14.5 Å². The van der Waals surface area contributed by atoms with Gasteiger partial charge in [0.05, 0.1) is 28.9 Å². The number of carboxylic acids is 1. The standard InChI is InChI=1S/C28H24N6O4S2/c1-15-5-7-16(8-6-15)23-19(13-29)25(30)34(20-3-2-4-21(35)24(20)23)27-32-33-28(40-27)39-14-22(36)31-18-11-9-17(10-12-18)26(37)38/h5-12,23H,2-4,14,30H2,1H3,(H,31,36)(H,37,38). The number of benzene rings is 2. The Balaban J connectivity index is 1.37. The van der Waals surface area contributed by atoms with Gasteiger partial charge in [0, 0.05) is 23.4 Å². The maximum Gasteiger partial charge on any atom is 0.335 e. The lowest BCUT2D eigenvalue weighted by molar-refractivity contribution is -0.116. The van der Waals surface area contributed by atoms with Crippen molar-refractivity contribution < 1.29 is 19.5 Å². The van der Waals surface area contributed by atoms with Crippen molar-refractivity contribution in [3.8, 4) is 6.07 Å². The van der Waals surface area contributed by atoms with Crippen molar-refractivity contribution in [3.63, 3.8) is 0 Å². The average molecular weight is 573 g/mol. The van der Waals surface area contributed by atoms with Crippen LogP contribution in [0.2, 0.25) is 0 Å². The molecule has 10 nitrogen and oxygen atoms in total. The molecular formula is C28H24N6O4S2. The number of nitriles is 1. The first-order valence-corrected chi connectivity index (χ1v) is 14.2. The van der Waals surface area contributed by atoms with E-state index in [-0.39, 0.29) is 34.4 Å². The molecule has 1 aliphatic carbocycles. The predicted octanol–water partition coefficient (Wildman–Crippen LogP) is 4.58. The van der Waals surface area contributed by atoms with Crippen LogP contribution in [-0.4, -0.2) is 38.7 Å². The molecule has 2 heterocycles. The summed E-state index contributed by atoms with van der Waals surface area (Å²) in [6.45, 7) is 1.98. The number of carboxylic acid groups (broad SMARTS) is 1. The molecule has 1 amide bonds. The van der Waals surface area contributed by atoms with Crippen molar-refractivity contribution in [2.45, 2.75) is 36.4 Å². The van der Waals surface area contributed by atoms with E-state index in [4.69, 9.17) is 10.8 Å². The number of rotatable bonds is 7.